The average molecular weight is 601 g/mol. The standard InChI is InChI=1S/C24H29FO3.C4H8O.C4H10.C4H8.C2H6/c1-5-12-26-20-9-6-18(7-10-20)23(2,3)19-8-11-21(27-15-22-16-28-22)14-24(4,13-19)17-25;1-2-4-3-5-4;2*1-3-4-2;1-2/h5-11,13-14,22H,1,12,15-17H2,2-4H3;4H,2-3H2,1H3;3-4H2,1-2H3;3-4H,1-2H3;1-2H3/b;;;4-3-;. The van der Waals surface area contributed by atoms with Crippen molar-refractivity contribution >= 4 is 0 Å². The number of epoxide rings is 2. The van der Waals surface area contributed by atoms with Crippen molar-refractivity contribution in [2.24, 2.45) is 5.41 Å². The third-order valence-electron chi connectivity index (χ3n) is 6.87. The van der Waals surface area contributed by atoms with E-state index in [4.69, 9.17) is 18.9 Å². The fraction of sp³-hybridized carbons (Fsp3) is 0.579. The first-order valence-electron chi connectivity index (χ1n) is 16.1. The van der Waals surface area contributed by atoms with E-state index in [1.165, 1.54) is 19.3 Å². The summed E-state index contributed by atoms with van der Waals surface area (Å²) >= 11 is 0. The van der Waals surface area contributed by atoms with Gasteiger partial charge in [0.05, 0.1) is 19.3 Å². The molecule has 3 unspecified atom stereocenters. The van der Waals surface area contributed by atoms with Crippen molar-refractivity contribution in [3.8, 4) is 5.75 Å². The number of allylic oxidation sites excluding steroid dienone is 7. The molecule has 43 heavy (non-hydrogen) atoms. The highest BCUT2D eigenvalue weighted by Gasteiger charge is 2.31. The molecule has 0 spiro atoms. The summed E-state index contributed by atoms with van der Waals surface area (Å²) in [5, 5.41) is 0. The summed E-state index contributed by atoms with van der Waals surface area (Å²) in [5.74, 6) is 1.49. The van der Waals surface area contributed by atoms with E-state index in [2.05, 4.69) is 53.3 Å². The van der Waals surface area contributed by atoms with Gasteiger partial charge < -0.3 is 18.9 Å². The maximum Gasteiger partial charge on any atom is 0.119 e. The van der Waals surface area contributed by atoms with E-state index in [1.807, 2.05) is 83.2 Å². The molecule has 0 radical (unpaired) electrons. The topological polar surface area (TPSA) is 43.5 Å². The number of hydrogen-bond acceptors (Lipinski definition) is 4. The molecule has 1 aromatic rings. The molecule has 2 heterocycles. The minimum Gasteiger partial charge on any atom is -0.491 e. The molecule has 3 aliphatic rings. The van der Waals surface area contributed by atoms with Crippen molar-refractivity contribution in [1.82, 2.24) is 0 Å². The third kappa shape index (κ3) is 17.3. The molecule has 0 bridgehead atoms. The van der Waals surface area contributed by atoms with Gasteiger partial charge in [-0.1, -0.05) is 110 Å². The van der Waals surface area contributed by atoms with E-state index in [0.29, 0.717) is 25.1 Å². The number of rotatable bonds is 11. The second-order valence-corrected chi connectivity index (χ2v) is 11.2. The molecule has 2 saturated heterocycles. The Hall–Kier alpha value is -2.63. The van der Waals surface area contributed by atoms with Crippen LogP contribution in [0.5, 0.6) is 5.75 Å². The monoisotopic (exact) mass is 600 g/mol. The summed E-state index contributed by atoms with van der Waals surface area (Å²) in [6.45, 7) is 26.6. The van der Waals surface area contributed by atoms with Gasteiger partial charge in [0.2, 0.25) is 0 Å². The van der Waals surface area contributed by atoms with Crippen molar-refractivity contribution in [3.63, 3.8) is 0 Å². The van der Waals surface area contributed by atoms with E-state index >= 15 is 0 Å². The normalized spacial score (nSPS) is 21.4. The second-order valence-electron chi connectivity index (χ2n) is 11.2. The largest absolute Gasteiger partial charge is 0.491 e. The SMILES string of the molecule is C/C=C\C.C=CCOc1ccc(C(C)(C)C2=CC(C)(CF)C=C(OCC3CO3)C=C2)cc1.CC.CCC1CO1.CCCC. The Morgan fingerprint density at radius 2 is 1.49 bits per heavy atom. The van der Waals surface area contributed by atoms with E-state index in [9.17, 15) is 4.39 Å². The van der Waals surface area contributed by atoms with Crippen LogP contribution in [0.2, 0.25) is 0 Å². The van der Waals surface area contributed by atoms with Crippen LogP contribution in [0.3, 0.4) is 0 Å². The van der Waals surface area contributed by atoms with Crippen LogP contribution < -0.4 is 4.74 Å². The molecule has 1 aromatic carbocycles. The van der Waals surface area contributed by atoms with Gasteiger partial charge in [-0.25, -0.2) is 4.39 Å². The summed E-state index contributed by atoms with van der Waals surface area (Å²) in [6, 6.07) is 8.02. The molecule has 2 aliphatic heterocycles. The average Bonchev–Trinajstić information content (AvgIpc) is 3.96. The molecule has 244 valence electrons. The Balaban J connectivity index is 0.000000970. The molecular weight excluding hydrogens is 539 g/mol. The summed E-state index contributed by atoms with van der Waals surface area (Å²) in [5.41, 5.74) is 1.16. The molecule has 4 nitrogen and oxygen atoms in total. The maximum atomic E-state index is 13.9. The van der Waals surface area contributed by atoms with Crippen LogP contribution in [0.15, 0.2) is 84.7 Å². The van der Waals surface area contributed by atoms with Gasteiger partial charge in [-0.15, -0.1) is 0 Å². The van der Waals surface area contributed by atoms with Crippen molar-refractivity contribution < 1.29 is 23.3 Å². The lowest BCUT2D eigenvalue weighted by molar-refractivity contribution is 0.188. The lowest BCUT2D eigenvalue weighted by atomic mass is 9.75. The quantitative estimate of drug-likeness (QED) is 0.187. The smallest absolute Gasteiger partial charge is 0.119 e. The maximum absolute atomic E-state index is 13.9. The van der Waals surface area contributed by atoms with Crippen molar-refractivity contribution in [2.75, 3.05) is 33.1 Å². The van der Waals surface area contributed by atoms with Crippen molar-refractivity contribution in [1.29, 1.82) is 0 Å². The molecule has 0 aromatic heterocycles. The zero-order valence-corrected chi connectivity index (χ0v) is 28.9. The van der Waals surface area contributed by atoms with Gasteiger partial charge in [0.25, 0.3) is 0 Å². The lowest BCUT2D eigenvalue weighted by Crippen LogP contribution is -2.22. The van der Waals surface area contributed by atoms with Gasteiger partial charge in [0, 0.05) is 10.8 Å². The molecule has 0 N–H and O–H groups in total. The zero-order valence-electron chi connectivity index (χ0n) is 28.9. The van der Waals surface area contributed by atoms with Crippen LogP contribution in [0.4, 0.5) is 4.39 Å². The number of halogens is 1. The highest BCUT2D eigenvalue weighted by Crippen LogP contribution is 2.39. The van der Waals surface area contributed by atoms with Crippen LogP contribution >= 0.6 is 0 Å². The Kier molecular flexibility index (Phi) is 21.4. The van der Waals surface area contributed by atoms with E-state index in [0.717, 1.165) is 30.1 Å². The fourth-order valence-electron chi connectivity index (χ4n) is 3.49. The first-order chi connectivity index (χ1) is 20.6. The molecule has 3 atom stereocenters. The summed E-state index contributed by atoms with van der Waals surface area (Å²) in [6.07, 6.45) is 18.2. The third-order valence-corrected chi connectivity index (χ3v) is 6.87. The second kappa shape index (κ2) is 22.8. The Morgan fingerprint density at radius 1 is 0.930 bits per heavy atom. The van der Waals surface area contributed by atoms with Crippen LogP contribution in [0.25, 0.3) is 0 Å². The summed E-state index contributed by atoms with van der Waals surface area (Å²) in [7, 11) is 0. The molecular formula is C38H61FO4. The number of unbranched alkanes of at least 4 members (excludes halogenated alkanes) is 1. The Labute approximate surface area is 263 Å². The Bertz CT molecular complexity index is 976. The predicted molar refractivity (Wildman–Crippen MR) is 183 cm³/mol. The van der Waals surface area contributed by atoms with Crippen molar-refractivity contribution in [2.45, 2.75) is 106 Å². The molecule has 0 amide bonds. The van der Waals surface area contributed by atoms with Gasteiger partial charge in [0.1, 0.15) is 37.5 Å². The minimum atomic E-state index is -0.719. The van der Waals surface area contributed by atoms with Crippen molar-refractivity contribution in [3.05, 3.63) is 90.3 Å². The molecule has 1 aliphatic carbocycles. The molecule has 0 saturated carbocycles. The predicted octanol–water partition coefficient (Wildman–Crippen LogP) is 10.5. The van der Waals surface area contributed by atoms with Crippen LogP contribution in [-0.2, 0) is 19.6 Å². The van der Waals surface area contributed by atoms with Crippen LogP contribution in [-0.4, -0.2) is 45.3 Å². The highest BCUT2D eigenvalue weighted by atomic mass is 19.1. The van der Waals surface area contributed by atoms with E-state index in [1.54, 1.807) is 6.08 Å². The van der Waals surface area contributed by atoms with Crippen LogP contribution in [0, 0.1) is 5.41 Å². The van der Waals surface area contributed by atoms with Gasteiger partial charge in [-0.2, -0.15) is 0 Å². The number of benzene rings is 1. The molecule has 4 rings (SSSR count). The number of alkyl halides is 1. The summed E-state index contributed by atoms with van der Waals surface area (Å²) in [4.78, 5) is 0. The fourth-order valence-corrected chi connectivity index (χ4v) is 3.49. The van der Waals surface area contributed by atoms with E-state index < -0.39 is 12.1 Å². The van der Waals surface area contributed by atoms with Gasteiger partial charge in [0.15, 0.2) is 0 Å². The first kappa shape index (κ1) is 40.4. The van der Waals surface area contributed by atoms with Gasteiger partial charge >= 0.3 is 0 Å². The number of hydrogen-bond donors (Lipinski definition) is 0. The van der Waals surface area contributed by atoms with Gasteiger partial charge in [-0.3, -0.25) is 0 Å². The highest BCUT2D eigenvalue weighted by molar-refractivity contribution is 5.46. The summed E-state index contributed by atoms with van der Waals surface area (Å²) < 4.78 is 35.4. The molecule has 2 fully saturated rings. The first-order valence-corrected chi connectivity index (χ1v) is 16.1. The van der Waals surface area contributed by atoms with Crippen LogP contribution in [0.1, 0.15) is 94.1 Å². The zero-order chi connectivity index (χ0) is 32.7. The number of ether oxygens (including phenoxy) is 4. The Morgan fingerprint density at radius 3 is 1.88 bits per heavy atom. The minimum absolute atomic E-state index is 0.167. The lowest BCUT2D eigenvalue weighted by Gasteiger charge is -2.29. The van der Waals surface area contributed by atoms with E-state index in [-0.39, 0.29) is 11.5 Å². The van der Waals surface area contributed by atoms with Gasteiger partial charge in [-0.05, 0) is 62.6 Å². The molecule has 5 heteroatoms.